The van der Waals surface area contributed by atoms with Crippen molar-refractivity contribution in [1.29, 1.82) is 0 Å². The van der Waals surface area contributed by atoms with E-state index >= 15 is 0 Å². The Labute approximate surface area is 256 Å². The maximum atomic E-state index is 12.8. The minimum Gasteiger partial charge on any atom is -0.394 e. The lowest BCUT2D eigenvalue weighted by atomic mass is 9.99. The topological polar surface area (TPSA) is 212 Å². The van der Waals surface area contributed by atoms with E-state index in [1.54, 1.807) is 0 Å². The van der Waals surface area contributed by atoms with Gasteiger partial charge in [0.25, 0.3) is 0 Å². The van der Waals surface area contributed by atoms with E-state index in [0.717, 1.165) is 57.8 Å². The zero-order chi connectivity index (χ0) is 32.3. The first-order valence-electron chi connectivity index (χ1n) is 15.7. The van der Waals surface area contributed by atoms with Crippen molar-refractivity contribution in [2.24, 2.45) is 0 Å². The fraction of sp³-hybridized carbons (Fsp3) is 0.897. The summed E-state index contributed by atoms with van der Waals surface area (Å²) in [6, 6.07) is -1.04. The summed E-state index contributed by atoms with van der Waals surface area (Å²) in [5.74, 6) is -0.715. The number of ether oxygens (including phenoxy) is 2. The average Bonchev–Trinajstić information content (AvgIpc) is 2.96. The van der Waals surface area contributed by atoms with Gasteiger partial charge >= 0.3 is 10.4 Å². The first-order valence-corrected chi connectivity index (χ1v) is 17.0. The second-order valence-electron chi connectivity index (χ2n) is 11.2. The first kappa shape index (κ1) is 39.8. The van der Waals surface area contributed by atoms with E-state index < -0.39 is 78.5 Å². The Hall–Kier alpha value is -1.20. The highest BCUT2D eigenvalue weighted by Crippen LogP contribution is 2.26. The van der Waals surface area contributed by atoms with Crippen molar-refractivity contribution in [3.63, 3.8) is 0 Å². The number of aliphatic hydroxyl groups is 5. The Morgan fingerprint density at radius 1 is 0.907 bits per heavy atom. The molecular formula is C29H55NO12S. The summed E-state index contributed by atoms with van der Waals surface area (Å²) in [6.45, 7) is 3.04. The number of carbonyl (C=O) groups excluding carboxylic acids is 1. The molecule has 14 heteroatoms. The zero-order valence-corrected chi connectivity index (χ0v) is 26.4. The van der Waals surface area contributed by atoms with E-state index in [0.29, 0.717) is 19.3 Å². The molecule has 1 aliphatic heterocycles. The number of carbonyl (C=O) groups is 1. The number of amides is 1. The van der Waals surface area contributed by atoms with Crippen LogP contribution in [-0.2, 0) is 28.9 Å². The normalized spacial score (nSPS) is 25.1. The first-order chi connectivity index (χ1) is 20.4. The monoisotopic (exact) mass is 641 g/mol. The van der Waals surface area contributed by atoms with Crippen LogP contribution in [0.3, 0.4) is 0 Å². The molecule has 1 rings (SSSR count). The summed E-state index contributed by atoms with van der Waals surface area (Å²) >= 11 is 0. The van der Waals surface area contributed by atoms with Crippen molar-refractivity contribution in [3.8, 4) is 0 Å². The molecule has 0 aromatic carbocycles. The Balaban J connectivity index is 2.82. The molecule has 0 saturated carbocycles. The molecule has 43 heavy (non-hydrogen) atoms. The second kappa shape index (κ2) is 22.3. The molecule has 1 amide bonds. The molecule has 0 aliphatic carbocycles. The van der Waals surface area contributed by atoms with Crippen molar-refractivity contribution >= 4 is 16.3 Å². The van der Waals surface area contributed by atoms with Crippen LogP contribution in [0.25, 0.3) is 0 Å². The van der Waals surface area contributed by atoms with Gasteiger partial charge in [0.2, 0.25) is 5.91 Å². The highest BCUT2D eigenvalue weighted by molar-refractivity contribution is 7.80. The van der Waals surface area contributed by atoms with Crippen LogP contribution in [0.15, 0.2) is 12.2 Å². The summed E-state index contributed by atoms with van der Waals surface area (Å²) in [4.78, 5) is 12.8. The van der Waals surface area contributed by atoms with E-state index in [2.05, 4.69) is 23.3 Å². The lowest BCUT2D eigenvalue weighted by Crippen LogP contribution is -2.61. The van der Waals surface area contributed by atoms with Gasteiger partial charge in [-0.3, -0.25) is 9.35 Å². The van der Waals surface area contributed by atoms with Crippen molar-refractivity contribution in [3.05, 3.63) is 12.2 Å². The van der Waals surface area contributed by atoms with E-state index in [1.165, 1.54) is 6.42 Å². The second-order valence-corrected chi connectivity index (χ2v) is 12.2. The number of nitrogens with one attached hydrogen (secondary N) is 1. The SMILES string of the molecule is CCCCCC/C=C\CCC(O)C(=O)NC(COC1OC(CO)C(O)C(OS(=O)(=O)O)C1O)C(O)CCCCCCCC. The molecular weight excluding hydrogens is 586 g/mol. The van der Waals surface area contributed by atoms with Crippen molar-refractivity contribution in [2.45, 2.75) is 153 Å². The van der Waals surface area contributed by atoms with E-state index in [-0.39, 0.29) is 6.42 Å². The van der Waals surface area contributed by atoms with E-state index in [1.807, 2.05) is 12.2 Å². The number of unbranched alkanes of at least 4 members (excludes halogenated alkanes) is 9. The van der Waals surface area contributed by atoms with Crippen LogP contribution in [-0.4, -0.2) is 107 Å². The van der Waals surface area contributed by atoms with Gasteiger partial charge in [-0.05, 0) is 32.1 Å². The average molecular weight is 642 g/mol. The fourth-order valence-corrected chi connectivity index (χ4v) is 5.32. The van der Waals surface area contributed by atoms with Crippen LogP contribution < -0.4 is 5.32 Å². The molecule has 7 N–H and O–H groups in total. The Morgan fingerprint density at radius 3 is 2.14 bits per heavy atom. The predicted octanol–water partition coefficient (Wildman–Crippen LogP) is 1.89. The molecule has 1 aliphatic rings. The van der Waals surface area contributed by atoms with Crippen LogP contribution >= 0.6 is 0 Å². The van der Waals surface area contributed by atoms with Gasteiger partial charge in [-0.15, -0.1) is 0 Å². The molecule has 0 aromatic heterocycles. The van der Waals surface area contributed by atoms with Crippen LogP contribution in [0, 0.1) is 0 Å². The van der Waals surface area contributed by atoms with Gasteiger partial charge in [-0.1, -0.05) is 83.8 Å². The maximum absolute atomic E-state index is 12.8. The van der Waals surface area contributed by atoms with Crippen molar-refractivity contribution in [1.82, 2.24) is 5.32 Å². The van der Waals surface area contributed by atoms with Gasteiger partial charge in [0.1, 0.15) is 30.5 Å². The van der Waals surface area contributed by atoms with Crippen LogP contribution in [0.4, 0.5) is 0 Å². The van der Waals surface area contributed by atoms with Gasteiger partial charge in [0, 0.05) is 0 Å². The number of aliphatic hydroxyl groups excluding tert-OH is 5. The largest absolute Gasteiger partial charge is 0.397 e. The summed E-state index contributed by atoms with van der Waals surface area (Å²) in [5.41, 5.74) is 0. The lowest BCUT2D eigenvalue weighted by Gasteiger charge is -2.41. The summed E-state index contributed by atoms with van der Waals surface area (Å²) in [7, 11) is -5.09. The zero-order valence-electron chi connectivity index (χ0n) is 25.6. The van der Waals surface area contributed by atoms with Gasteiger partial charge in [-0.25, -0.2) is 4.18 Å². The predicted molar refractivity (Wildman–Crippen MR) is 159 cm³/mol. The molecule has 1 saturated heterocycles. The molecule has 1 fully saturated rings. The van der Waals surface area contributed by atoms with Crippen molar-refractivity contribution < 1.29 is 57.0 Å². The smallest absolute Gasteiger partial charge is 0.394 e. The Bertz CT molecular complexity index is 874. The maximum Gasteiger partial charge on any atom is 0.397 e. The van der Waals surface area contributed by atoms with Crippen LogP contribution in [0.1, 0.15) is 104 Å². The third-order valence-corrected chi connectivity index (χ3v) is 7.91. The highest BCUT2D eigenvalue weighted by Gasteiger charge is 2.48. The van der Waals surface area contributed by atoms with Gasteiger partial charge < -0.3 is 40.3 Å². The highest BCUT2D eigenvalue weighted by atomic mass is 32.3. The minimum absolute atomic E-state index is 0.174. The van der Waals surface area contributed by atoms with Gasteiger partial charge in [-0.2, -0.15) is 8.42 Å². The van der Waals surface area contributed by atoms with Gasteiger partial charge in [0.15, 0.2) is 6.29 Å². The number of rotatable bonds is 24. The number of hydrogen-bond acceptors (Lipinski definition) is 11. The molecule has 0 aromatic rings. The summed E-state index contributed by atoms with van der Waals surface area (Å²) < 4.78 is 46.8. The third kappa shape index (κ3) is 16.6. The molecule has 13 nitrogen and oxygen atoms in total. The molecule has 0 bridgehead atoms. The molecule has 254 valence electrons. The Morgan fingerprint density at radius 2 is 1.51 bits per heavy atom. The van der Waals surface area contributed by atoms with Crippen LogP contribution in [0.5, 0.6) is 0 Å². The van der Waals surface area contributed by atoms with Gasteiger partial charge in [0.05, 0.1) is 25.4 Å². The number of hydrogen-bond donors (Lipinski definition) is 7. The molecule has 0 spiro atoms. The summed E-state index contributed by atoms with van der Waals surface area (Å²) in [5, 5.41) is 54.3. The van der Waals surface area contributed by atoms with Crippen LogP contribution in [0.2, 0.25) is 0 Å². The minimum atomic E-state index is -5.09. The molecule has 8 unspecified atom stereocenters. The third-order valence-electron chi connectivity index (χ3n) is 7.44. The molecule has 1 heterocycles. The summed E-state index contributed by atoms with van der Waals surface area (Å²) in [6.07, 6.45) is 5.16. The molecule has 8 atom stereocenters. The Kier molecular flexibility index (Phi) is 20.7. The fourth-order valence-electron chi connectivity index (χ4n) is 4.82. The van der Waals surface area contributed by atoms with E-state index in [9.17, 15) is 38.7 Å². The lowest BCUT2D eigenvalue weighted by molar-refractivity contribution is -0.298. The molecule has 0 radical (unpaired) electrons. The van der Waals surface area contributed by atoms with E-state index in [4.69, 9.17) is 14.0 Å². The van der Waals surface area contributed by atoms with Crippen molar-refractivity contribution in [2.75, 3.05) is 13.2 Å². The standard InChI is InChI=1S/C29H55NO12S/c1-3-5-7-9-11-12-14-16-18-23(33)28(36)30-21(22(32)17-15-13-10-8-6-4-2)20-40-29-26(35)27(42-43(37,38)39)25(34)24(19-31)41-29/h12,14,21-27,29,31-35H,3-11,13,15-20H2,1-2H3,(H,30,36)(H,37,38,39)/b14-12-. The number of allylic oxidation sites excluding steroid dienone is 2. The quantitative estimate of drug-likeness (QED) is 0.0457.